The summed E-state index contributed by atoms with van der Waals surface area (Å²) in [6.45, 7) is 9.54. The van der Waals surface area contributed by atoms with Crippen molar-refractivity contribution >= 4 is 0 Å². The standard InChI is InChI=1S/C12H25N3O/c1-16-12-3-2-6-15(11-12)10-9-14-7-4-13-5-8-14/h12-13H,2-11H2,1H3. The largest absolute Gasteiger partial charge is 0.380 e. The molecule has 4 heteroatoms. The maximum Gasteiger partial charge on any atom is 0.0698 e. The number of methoxy groups -OCH3 is 1. The van der Waals surface area contributed by atoms with E-state index < -0.39 is 0 Å². The Kier molecular flexibility index (Phi) is 5.03. The molecule has 0 aromatic rings. The van der Waals surface area contributed by atoms with Crippen LogP contribution in [0.15, 0.2) is 0 Å². The lowest BCUT2D eigenvalue weighted by atomic mass is 10.1. The van der Waals surface area contributed by atoms with E-state index in [1.165, 1.54) is 45.6 Å². The van der Waals surface area contributed by atoms with E-state index in [-0.39, 0.29) is 0 Å². The van der Waals surface area contributed by atoms with E-state index in [1.54, 1.807) is 0 Å². The van der Waals surface area contributed by atoms with Gasteiger partial charge < -0.3 is 10.1 Å². The quantitative estimate of drug-likeness (QED) is 0.732. The highest BCUT2D eigenvalue weighted by molar-refractivity contribution is 4.75. The molecule has 0 saturated carbocycles. The first-order chi connectivity index (χ1) is 7.88. The van der Waals surface area contributed by atoms with Crippen LogP contribution >= 0.6 is 0 Å². The summed E-state index contributed by atoms with van der Waals surface area (Å²) in [7, 11) is 1.84. The number of nitrogens with one attached hydrogen (secondary N) is 1. The number of ether oxygens (including phenoxy) is 1. The van der Waals surface area contributed by atoms with Crippen LogP contribution in [0.5, 0.6) is 0 Å². The zero-order valence-corrected chi connectivity index (χ0v) is 10.5. The summed E-state index contributed by atoms with van der Waals surface area (Å²) in [5.41, 5.74) is 0. The van der Waals surface area contributed by atoms with Gasteiger partial charge in [0, 0.05) is 52.9 Å². The molecule has 0 radical (unpaired) electrons. The zero-order valence-electron chi connectivity index (χ0n) is 10.5. The van der Waals surface area contributed by atoms with Crippen LogP contribution in [0, 0.1) is 0 Å². The molecule has 0 spiro atoms. The molecule has 1 N–H and O–H groups in total. The van der Waals surface area contributed by atoms with Crippen molar-refractivity contribution in [3.05, 3.63) is 0 Å². The fourth-order valence-corrected chi connectivity index (χ4v) is 2.63. The number of rotatable bonds is 4. The van der Waals surface area contributed by atoms with Crippen LogP contribution in [0.2, 0.25) is 0 Å². The van der Waals surface area contributed by atoms with Gasteiger partial charge in [-0.1, -0.05) is 0 Å². The van der Waals surface area contributed by atoms with Gasteiger partial charge in [0.05, 0.1) is 6.10 Å². The lowest BCUT2D eigenvalue weighted by molar-refractivity contribution is 0.0276. The third-order valence-electron chi connectivity index (χ3n) is 3.74. The summed E-state index contributed by atoms with van der Waals surface area (Å²) in [6.07, 6.45) is 3.00. The molecule has 2 rings (SSSR count). The molecule has 1 atom stereocenters. The predicted molar refractivity (Wildman–Crippen MR) is 65.8 cm³/mol. The Balaban J connectivity index is 1.64. The van der Waals surface area contributed by atoms with E-state index in [0.717, 1.165) is 19.6 Å². The Bertz CT molecular complexity index is 195. The number of likely N-dealkylation sites (tertiary alicyclic amines) is 1. The van der Waals surface area contributed by atoms with Gasteiger partial charge in [-0.15, -0.1) is 0 Å². The molecular weight excluding hydrogens is 202 g/mol. The van der Waals surface area contributed by atoms with Crippen molar-refractivity contribution in [2.24, 2.45) is 0 Å². The van der Waals surface area contributed by atoms with Crippen molar-refractivity contribution in [2.45, 2.75) is 18.9 Å². The molecule has 4 nitrogen and oxygen atoms in total. The second-order valence-electron chi connectivity index (χ2n) is 4.89. The summed E-state index contributed by atoms with van der Waals surface area (Å²) in [5.74, 6) is 0. The molecule has 2 fully saturated rings. The maximum atomic E-state index is 5.45. The van der Waals surface area contributed by atoms with Crippen LogP contribution < -0.4 is 5.32 Å². The summed E-state index contributed by atoms with van der Waals surface area (Å²) in [4.78, 5) is 5.12. The lowest BCUT2D eigenvalue weighted by Crippen LogP contribution is -2.48. The number of nitrogens with zero attached hydrogens (tertiary/aromatic N) is 2. The van der Waals surface area contributed by atoms with Crippen LogP contribution in [0.1, 0.15) is 12.8 Å². The lowest BCUT2D eigenvalue weighted by Gasteiger charge is -2.34. The summed E-state index contributed by atoms with van der Waals surface area (Å²) >= 11 is 0. The van der Waals surface area contributed by atoms with Gasteiger partial charge in [0.1, 0.15) is 0 Å². The topological polar surface area (TPSA) is 27.7 Å². The Morgan fingerprint density at radius 2 is 1.88 bits per heavy atom. The molecular formula is C12H25N3O. The SMILES string of the molecule is COC1CCCN(CCN2CCNCC2)C1. The van der Waals surface area contributed by atoms with Crippen LogP contribution in [-0.4, -0.2) is 75.4 Å². The third kappa shape index (κ3) is 3.70. The number of hydrogen-bond donors (Lipinski definition) is 1. The zero-order chi connectivity index (χ0) is 11.2. The van der Waals surface area contributed by atoms with Gasteiger partial charge in [-0.2, -0.15) is 0 Å². The van der Waals surface area contributed by atoms with Crippen LogP contribution in [0.4, 0.5) is 0 Å². The second kappa shape index (κ2) is 6.55. The number of piperazine rings is 1. The minimum absolute atomic E-state index is 0.469. The van der Waals surface area contributed by atoms with Gasteiger partial charge in [0.2, 0.25) is 0 Å². The molecule has 0 aromatic heterocycles. The molecule has 2 aliphatic rings. The molecule has 0 aliphatic carbocycles. The van der Waals surface area contributed by atoms with Crippen molar-refractivity contribution in [1.29, 1.82) is 0 Å². The van der Waals surface area contributed by atoms with Gasteiger partial charge in [-0.25, -0.2) is 0 Å². The Hall–Kier alpha value is -0.160. The average molecular weight is 227 g/mol. The average Bonchev–Trinajstić information content (AvgIpc) is 2.38. The predicted octanol–water partition coefficient (Wildman–Crippen LogP) is 0.00240. The van der Waals surface area contributed by atoms with Gasteiger partial charge in [-0.3, -0.25) is 9.80 Å². The summed E-state index contributed by atoms with van der Waals surface area (Å²) in [6, 6.07) is 0. The van der Waals surface area contributed by atoms with Crippen LogP contribution in [0.3, 0.4) is 0 Å². The van der Waals surface area contributed by atoms with Crippen LogP contribution in [-0.2, 0) is 4.74 Å². The molecule has 2 aliphatic heterocycles. The van der Waals surface area contributed by atoms with E-state index in [1.807, 2.05) is 7.11 Å². The van der Waals surface area contributed by atoms with E-state index in [2.05, 4.69) is 15.1 Å². The van der Waals surface area contributed by atoms with Crippen molar-refractivity contribution in [2.75, 3.05) is 59.5 Å². The molecule has 16 heavy (non-hydrogen) atoms. The highest BCUT2D eigenvalue weighted by Crippen LogP contribution is 2.12. The van der Waals surface area contributed by atoms with Crippen molar-refractivity contribution in [3.8, 4) is 0 Å². The third-order valence-corrected chi connectivity index (χ3v) is 3.74. The highest BCUT2D eigenvalue weighted by atomic mass is 16.5. The van der Waals surface area contributed by atoms with Crippen LogP contribution in [0.25, 0.3) is 0 Å². The van der Waals surface area contributed by atoms with Crippen molar-refractivity contribution < 1.29 is 4.74 Å². The highest BCUT2D eigenvalue weighted by Gasteiger charge is 2.19. The summed E-state index contributed by atoms with van der Waals surface area (Å²) < 4.78 is 5.45. The molecule has 1 unspecified atom stereocenters. The second-order valence-corrected chi connectivity index (χ2v) is 4.89. The Labute approximate surface area is 98.9 Å². The first kappa shape index (κ1) is 12.3. The minimum Gasteiger partial charge on any atom is -0.380 e. The maximum absolute atomic E-state index is 5.45. The van der Waals surface area contributed by atoms with Gasteiger partial charge in [-0.05, 0) is 19.4 Å². The molecule has 0 aromatic carbocycles. The smallest absolute Gasteiger partial charge is 0.0698 e. The molecule has 0 bridgehead atoms. The first-order valence-corrected chi connectivity index (χ1v) is 6.56. The van der Waals surface area contributed by atoms with Gasteiger partial charge >= 0.3 is 0 Å². The van der Waals surface area contributed by atoms with Crippen molar-refractivity contribution in [1.82, 2.24) is 15.1 Å². The molecule has 0 amide bonds. The van der Waals surface area contributed by atoms with E-state index >= 15 is 0 Å². The summed E-state index contributed by atoms with van der Waals surface area (Å²) in [5, 5.41) is 3.39. The molecule has 2 heterocycles. The normalized spacial score (nSPS) is 29.4. The molecule has 94 valence electrons. The van der Waals surface area contributed by atoms with Gasteiger partial charge in [0.25, 0.3) is 0 Å². The van der Waals surface area contributed by atoms with E-state index in [0.29, 0.717) is 6.10 Å². The van der Waals surface area contributed by atoms with E-state index in [4.69, 9.17) is 4.74 Å². The molecule has 2 saturated heterocycles. The fourth-order valence-electron chi connectivity index (χ4n) is 2.63. The number of hydrogen-bond acceptors (Lipinski definition) is 4. The monoisotopic (exact) mass is 227 g/mol. The minimum atomic E-state index is 0.469. The first-order valence-electron chi connectivity index (χ1n) is 6.56. The van der Waals surface area contributed by atoms with Crippen molar-refractivity contribution in [3.63, 3.8) is 0 Å². The Morgan fingerprint density at radius 1 is 1.12 bits per heavy atom. The van der Waals surface area contributed by atoms with E-state index in [9.17, 15) is 0 Å². The van der Waals surface area contributed by atoms with Gasteiger partial charge in [0.15, 0.2) is 0 Å². The Morgan fingerprint density at radius 3 is 2.62 bits per heavy atom. The number of piperidine rings is 1. The fraction of sp³-hybridized carbons (Fsp3) is 1.00.